The first-order chi connectivity index (χ1) is 9.83. The Kier molecular flexibility index (Phi) is 5.68. The average molecular weight is 356 g/mol. The molecular formula is C12H10BrN3O5. The minimum atomic E-state index is -1.54. The van der Waals surface area contributed by atoms with E-state index in [2.05, 4.69) is 21.2 Å². The summed E-state index contributed by atoms with van der Waals surface area (Å²) < 4.78 is 0.432. The van der Waals surface area contributed by atoms with Crippen LogP contribution in [-0.4, -0.2) is 34.2 Å². The van der Waals surface area contributed by atoms with Gasteiger partial charge in [0.05, 0.1) is 23.7 Å². The second kappa shape index (κ2) is 7.25. The topological polar surface area (TPSA) is 140 Å². The maximum Gasteiger partial charge on any atom is 0.326 e. The van der Waals surface area contributed by atoms with Gasteiger partial charge in [-0.1, -0.05) is 0 Å². The highest BCUT2D eigenvalue weighted by Crippen LogP contribution is 2.23. The molecule has 0 radical (unpaired) electrons. The van der Waals surface area contributed by atoms with Gasteiger partial charge in [0.25, 0.3) is 0 Å². The second-order valence-corrected chi connectivity index (χ2v) is 4.75. The molecule has 9 heteroatoms. The fourth-order valence-electron chi connectivity index (χ4n) is 1.38. The number of aliphatic carboxylic acids is 2. The van der Waals surface area contributed by atoms with Crippen LogP contribution in [0.5, 0.6) is 0 Å². The van der Waals surface area contributed by atoms with E-state index in [-0.39, 0.29) is 0 Å². The minimum absolute atomic E-state index is 0.311. The first-order valence-corrected chi connectivity index (χ1v) is 6.34. The third-order valence-electron chi connectivity index (χ3n) is 2.33. The third-order valence-corrected chi connectivity index (χ3v) is 2.98. The van der Waals surface area contributed by atoms with E-state index in [9.17, 15) is 14.4 Å². The Morgan fingerprint density at radius 1 is 1.33 bits per heavy atom. The van der Waals surface area contributed by atoms with Crippen LogP contribution in [0.3, 0.4) is 0 Å². The fraction of sp³-hybridized carbons (Fsp3) is 0.167. The van der Waals surface area contributed by atoms with E-state index in [0.717, 1.165) is 0 Å². The summed E-state index contributed by atoms with van der Waals surface area (Å²) in [5.74, 6) is -2.80. The second-order valence-electron chi connectivity index (χ2n) is 3.89. The van der Waals surface area contributed by atoms with Crippen LogP contribution in [0, 0.1) is 11.3 Å². The first kappa shape index (κ1) is 16.5. The van der Waals surface area contributed by atoms with Crippen molar-refractivity contribution < 1.29 is 24.6 Å². The van der Waals surface area contributed by atoms with Crippen molar-refractivity contribution in [3.8, 4) is 6.07 Å². The number of urea groups is 1. The van der Waals surface area contributed by atoms with Crippen molar-refractivity contribution in [1.29, 1.82) is 5.26 Å². The van der Waals surface area contributed by atoms with Crippen LogP contribution < -0.4 is 10.6 Å². The minimum Gasteiger partial charge on any atom is -0.481 e. The van der Waals surface area contributed by atoms with Crippen LogP contribution >= 0.6 is 15.9 Å². The Morgan fingerprint density at radius 2 is 2.00 bits per heavy atom. The summed E-state index contributed by atoms with van der Waals surface area (Å²) in [6.07, 6.45) is -0.739. The van der Waals surface area contributed by atoms with Gasteiger partial charge >= 0.3 is 18.0 Å². The first-order valence-electron chi connectivity index (χ1n) is 5.55. The van der Waals surface area contributed by atoms with Crippen LogP contribution in [0.15, 0.2) is 22.7 Å². The van der Waals surface area contributed by atoms with Gasteiger partial charge in [-0.3, -0.25) is 4.79 Å². The number of hydrogen-bond donors (Lipinski definition) is 4. The molecule has 8 nitrogen and oxygen atoms in total. The number of carboxylic acid groups (broad SMARTS) is 2. The molecule has 0 saturated carbocycles. The summed E-state index contributed by atoms with van der Waals surface area (Å²) in [4.78, 5) is 33.0. The van der Waals surface area contributed by atoms with Crippen LogP contribution in [-0.2, 0) is 9.59 Å². The Morgan fingerprint density at radius 3 is 2.48 bits per heavy atom. The predicted molar refractivity (Wildman–Crippen MR) is 74.7 cm³/mol. The van der Waals surface area contributed by atoms with Gasteiger partial charge in [0, 0.05) is 4.47 Å². The van der Waals surface area contributed by atoms with Crippen molar-refractivity contribution in [2.24, 2.45) is 0 Å². The number of nitrogens with zero attached hydrogens (tertiary/aromatic N) is 1. The molecule has 1 aromatic carbocycles. The highest BCUT2D eigenvalue weighted by Gasteiger charge is 2.23. The largest absolute Gasteiger partial charge is 0.481 e. The molecule has 0 bridgehead atoms. The molecular weight excluding hydrogens is 346 g/mol. The molecule has 0 aliphatic heterocycles. The van der Waals surface area contributed by atoms with Gasteiger partial charge in [-0.15, -0.1) is 0 Å². The monoisotopic (exact) mass is 355 g/mol. The van der Waals surface area contributed by atoms with Crippen molar-refractivity contribution in [2.75, 3.05) is 5.32 Å². The van der Waals surface area contributed by atoms with Gasteiger partial charge in [-0.25, -0.2) is 9.59 Å². The van der Waals surface area contributed by atoms with Gasteiger partial charge < -0.3 is 20.8 Å². The molecule has 0 aliphatic carbocycles. The molecule has 1 aromatic rings. The number of anilines is 1. The van der Waals surface area contributed by atoms with Gasteiger partial charge in [-0.05, 0) is 34.1 Å². The maximum absolute atomic E-state index is 11.7. The SMILES string of the molecule is N#Cc1ccc(NC(=O)N[C@H](CC(=O)O)C(=O)O)c(Br)c1. The molecule has 0 fully saturated rings. The molecule has 0 unspecified atom stereocenters. The van der Waals surface area contributed by atoms with E-state index >= 15 is 0 Å². The lowest BCUT2D eigenvalue weighted by atomic mass is 10.2. The van der Waals surface area contributed by atoms with Crippen LogP contribution in [0.2, 0.25) is 0 Å². The van der Waals surface area contributed by atoms with E-state index < -0.39 is 30.4 Å². The number of halogens is 1. The van der Waals surface area contributed by atoms with Crippen molar-refractivity contribution in [1.82, 2.24) is 5.32 Å². The number of carbonyl (C=O) groups is 3. The van der Waals surface area contributed by atoms with E-state index in [1.165, 1.54) is 18.2 Å². The number of carbonyl (C=O) groups excluding carboxylic acids is 1. The lowest BCUT2D eigenvalue weighted by Crippen LogP contribution is -2.44. The van der Waals surface area contributed by atoms with E-state index in [1.54, 1.807) is 0 Å². The van der Waals surface area contributed by atoms with Gasteiger partial charge in [-0.2, -0.15) is 5.26 Å². The van der Waals surface area contributed by atoms with Crippen molar-refractivity contribution in [3.63, 3.8) is 0 Å². The summed E-state index contributed by atoms with van der Waals surface area (Å²) in [6.45, 7) is 0. The molecule has 0 aromatic heterocycles. The average Bonchev–Trinajstić information content (AvgIpc) is 2.39. The lowest BCUT2D eigenvalue weighted by molar-refractivity contribution is -0.145. The zero-order valence-corrected chi connectivity index (χ0v) is 12.0. The number of nitrogens with one attached hydrogen (secondary N) is 2. The predicted octanol–water partition coefficient (Wildman–Crippen LogP) is 1.37. The zero-order chi connectivity index (χ0) is 16.0. The summed E-state index contributed by atoms with van der Waals surface area (Å²) in [7, 11) is 0. The summed E-state index contributed by atoms with van der Waals surface area (Å²) in [5.41, 5.74) is 0.688. The maximum atomic E-state index is 11.7. The molecule has 0 spiro atoms. The van der Waals surface area contributed by atoms with Crippen molar-refractivity contribution >= 4 is 39.6 Å². The molecule has 21 heavy (non-hydrogen) atoms. The normalized spacial score (nSPS) is 11.0. The van der Waals surface area contributed by atoms with E-state index in [0.29, 0.717) is 15.7 Å². The number of hydrogen-bond acceptors (Lipinski definition) is 4. The highest BCUT2D eigenvalue weighted by molar-refractivity contribution is 9.10. The van der Waals surface area contributed by atoms with Crippen molar-refractivity contribution in [3.05, 3.63) is 28.2 Å². The number of nitriles is 1. The lowest BCUT2D eigenvalue weighted by Gasteiger charge is -2.14. The Labute approximate surface area is 127 Å². The molecule has 4 N–H and O–H groups in total. The van der Waals surface area contributed by atoms with E-state index in [4.69, 9.17) is 15.5 Å². The van der Waals surface area contributed by atoms with Crippen LogP contribution in [0.1, 0.15) is 12.0 Å². The molecule has 110 valence electrons. The number of rotatable bonds is 5. The Balaban J connectivity index is 2.75. The Bertz CT molecular complexity index is 626. The van der Waals surface area contributed by atoms with Gasteiger partial charge in [0.2, 0.25) is 0 Å². The van der Waals surface area contributed by atoms with Gasteiger partial charge in [0.1, 0.15) is 6.04 Å². The fourth-order valence-corrected chi connectivity index (χ4v) is 1.86. The van der Waals surface area contributed by atoms with Crippen LogP contribution in [0.25, 0.3) is 0 Å². The van der Waals surface area contributed by atoms with Crippen molar-refractivity contribution in [2.45, 2.75) is 12.5 Å². The summed E-state index contributed by atoms with van der Waals surface area (Å²) in [5, 5.41) is 30.5. The smallest absolute Gasteiger partial charge is 0.326 e. The number of amides is 2. The quantitative estimate of drug-likeness (QED) is 0.628. The molecule has 0 aliphatic rings. The van der Waals surface area contributed by atoms with Gasteiger partial charge in [0.15, 0.2) is 0 Å². The molecule has 0 saturated heterocycles. The molecule has 2 amide bonds. The number of benzene rings is 1. The third kappa shape index (κ3) is 5.12. The summed E-state index contributed by atoms with van der Waals surface area (Å²) >= 11 is 3.15. The van der Waals surface area contributed by atoms with E-state index in [1.807, 2.05) is 11.4 Å². The summed E-state index contributed by atoms with van der Waals surface area (Å²) in [6, 6.07) is 3.90. The Hall–Kier alpha value is -2.60. The molecule has 1 atom stereocenters. The standard InChI is InChI=1S/C12H10BrN3O5/c13-7-3-6(5-14)1-2-8(7)15-12(21)16-9(11(19)20)4-10(17)18/h1-3,9H,4H2,(H,17,18)(H,19,20)(H2,15,16,21)/t9-/m1/s1. The zero-order valence-electron chi connectivity index (χ0n) is 10.5. The van der Waals surface area contributed by atoms with Crippen LogP contribution in [0.4, 0.5) is 10.5 Å². The highest BCUT2D eigenvalue weighted by atomic mass is 79.9. The molecule has 0 heterocycles. The number of carboxylic acids is 2. The molecule has 1 rings (SSSR count).